The van der Waals surface area contributed by atoms with E-state index >= 15 is 0 Å². The number of hydroxylamine groups is 1. The van der Waals surface area contributed by atoms with Crippen molar-refractivity contribution in [2.24, 2.45) is 4.99 Å². The Balaban J connectivity index is 1.95. The highest BCUT2D eigenvalue weighted by molar-refractivity contribution is 6.30. The number of carbonyl (C=O) groups is 1. The Morgan fingerprint density at radius 1 is 1.20 bits per heavy atom. The second-order valence-electron chi connectivity index (χ2n) is 6.02. The van der Waals surface area contributed by atoms with Crippen molar-refractivity contribution in [1.82, 2.24) is 0 Å². The van der Waals surface area contributed by atoms with E-state index < -0.39 is 10.6 Å². The third kappa shape index (κ3) is 1.74. The van der Waals surface area contributed by atoms with Gasteiger partial charge in [-0.05, 0) is 25.1 Å². The topological polar surface area (TPSA) is 99.3 Å². The number of nitro benzene ring substituents is 1. The van der Waals surface area contributed by atoms with E-state index in [9.17, 15) is 20.1 Å². The van der Waals surface area contributed by atoms with E-state index in [1.807, 2.05) is 18.2 Å². The molecule has 2 aliphatic rings. The zero-order valence-electron chi connectivity index (χ0n) is 13.5. The van der Waals surface area contributed by atoms with Crippen LogP contribution in [0.2, 0.25) is 0 Å². The van der Waals surface area contributed by atoms with E-state index in [-0.39, 0.29) is 22.7 Å². The maximum Gasteiger partial charge on any atom is 0.271 e. The summed E-state index contributed by atoms with van der Waals surface area (Å²) in [6.07, 6.45) is 0. The molecule has 0 radical (unpaired) electrons. The Morgan fingerprint density at radius 3 is 2.64 bits per heavy atom. The fourth-order valence-electron chi connectivity index (χ4n) is 3.59. The summed E-state index contributed by atoms with van der Waals surface area (Å²) in [5.41, 5.74) is 0.329. The fourth-order valence-corrected chi connectivity index (χ4v) is 3.59. The molecule has 25 heavy (non-hydrogen) atoms. The zero-order chi connectivity index (χ0) is 17.9. The van der Waals surface area contributed by atoms with Crippen LogP contribution in [-0.2, 0) is 0 Å². The lowest BCUT2D eigenvalue weighted by Gasteiger charge is -2.45. The molecular weight excluding hydrogens is 324 g/mol. The predicted octanol–water partition coefficient (Wildman–Crippen LogP) is 2.93. The molecule has 1 unspecified atom stereocenters. The minimum absolute atomic E-state index is 0.0972. The molecule has 4 rings (SSSR count). The molecule has 1 atom stereocenters. The number of hydrogen-bond acceptors (Lipinski definition) is 7. The van der Waals surface area contributed by atoms with Crippen LogP contribution in [0.15, 0.2) is 47.5 Å². The van der Waals surface area contributed by atoms with Crippen LogP contribution in [0.5, 0.6) is 0 Å². The molecule has 8 nitrogen and oxygen atoms in total. The van der Waals surface area contributed by atoms with Gasteiger partial charge in [0.15, 0.2) is 0 Å². The summed E-state index contributed by atoms with van der Waals surface area (Å²) in [7, 11) is 1.69. The van der Waals surface area contributed by atoms with Gasteiger partial charge in [0.25, 0.3) is 5.69 Å². The molecule has 0 saturated carbocycles. The molecular formula is C17H14N4O4. The number of likely N-dealkylation sites (N-methyl/N-ethyl adjacent to an activating group) is 1. The third-order valence-corrected chi connectivity index (χ3v) is 4.81. The van der Waals surface area contributed by atoms with Crippen LogP contribution in [-0.4, -0.2) is 34.3 Å². The van der Waals surface area contributed by atoms with Crippen molar-refractivity contribution in [1.29, 1.82) is 0 Å². The molecule has 0 saturated heterocycles. The van der Waals surface area contributed by atoms with E-state index in [2.05, 4.69) is 4.99 Å². The second kappa shape index (κ2) is 4.87. The zero-order valence-corrected chi connectivity index (χ0v) is 13.5. The number of hydrogen-bond donors (Lipinski definition) is 1. The average Bonchev–Trinajstić information content (AvgIpc) is 2.82. The highest BCUT2D eigenvalue weighted by Gasteiger charge is 2.59. The lowest BCUT2D eigenvalue weighted by molar-refractivity contribution is -0.384. The summed E-state index contributed by atoms with van der Waals surface area (Å²) in [5.74, 6) is -0.377. The summed E-state index contributed by atoms with van der Waals surface area (Å²) in [4.78, 5) is 29.8. The maximum absolute atomic E-state index is 13.2. The summed E-state index contributed by atoms with van der Waals surface area (Å²) in [5, 5.41) is 22.7. The minimum Gasteiger partial charge on any atom is -0.337 e. The number of nitro groups is 1. The van der Waals surface area contributed by atoms with Crippen LogP contribution >= 0.6 is 0 Å². The van der Waals surface area contributed by atoms with E-state index in [1.165, 1.54) is 18.2 Å². The molecule has 126 valence electrons. The van der Waals surface area contributed by atoms with Gasteiger partial charge in [0.05, 0.1) is 27.7 Å². The molecule has 8 heteroatoms. The van der Waals surface area contributed by atoms with Gasteiger partial charge in [0.2, 0.25) is 11.4 Å². The standard InChI is InChI=1S/C17H14N4O4/c1-10-17(19(2)14-6-4-3-5-13(14)18-10)16(22)12-8-7-11(21(24)25)9-15(12)20(17)23/h3-9,23H,1-2H3. The van der Waals surface area contributed by atoms with Gasteiger partial charge in [-0.3, -0.25) is 25.1 Å². The predicted molar refractivity (Wildman–Crippen MR) is 92.0 cm³/mol. The van der Waals surface area contributed by atoms with Gasteiger partial charge in [-0.15, -0.1) is 0 Å². The van der Waals surface area contributed by atoms with Crippen molar-refractivity contribution >= 4 is 34.2 Å². The second-order valence-corrected chi connectivity index (χ2v) is 6.02. The Morgan fingerprint density at radius 2 is 1.92 bits per heavy atom. The lowest BCUT2D eigenvalue weighted by Crippen LogP contribution is -2.66. The molecule has 2 aromatic rings. The summed E-state index contributed by atoms with van der Waals surface area (Å²) >= 11 is 0. The lowest BCUT2D eigenvalue weighted by atomic mass is 9.93. The van der Waals surface area contributed by atoms with Gasteiger partial charge >= 0.3 is 0 Å². The van der Waals surface area contributed by atoms with Gasteiger partial charge in [-0.2, -0.15) is 0 Å². The molecule has 0 amide bonds. The SMILES string of the molecule is CC1=Nc2ccccc2N(C)C12C(=O)c1ccc([N+](=O)[O-])cc1N2O. The van der Waals surface area contributed by atoms with Gasteiger partial charge in [-0.25, -0.2) is 5.06 Å². The van der Waals surface area contributed by atoms with Crippen molar-refractivity contribution in [3.8, 4) is 0 Å². The first-order valence-electron chi connectivity index (χ1n) is 7.60. The van der Waals surface area contributed by atoms with Crippen LogP contribution in [0.3, 0.4) is 0 Å². The van der Waals surface area contributed by atoms with E-state index in [1.54, 1.807) is 24.9 Å². The van der Waals surface area contributed by atoms with Crippen molar-refractivity contribution < 1.29 is 14.9 Å². The number of carbonyl (C=O) groups excluding carboxylic acids is 1. The molecule has 0 aliphatic carbocycles. The van der Waals surface area contributed by atoms with Crippen LogP contribution in [0, 0.1) is 10.1 Å². The molecule has 0 bridgehead atoms. The normalized spacial score (nSPS) is 21.2. The molecule has 2 aromatic carbocycles. The number of fused-ring (bicyclic) bond motifs is 2. The van der Waals surface area contributed by atoms with Crippen LogP contribution in [0.1, 0.15) is 17.3 Å². The number of nitrogens with zero attached hydrogens (tertiary/aromatic N) is 4. The van der Waals surface area contributed by atoms with Crippen molar-refractivity contribution in [2.75, 3.05) is 17.0 Å². The highest BCUT2D eigenvalue weighted by Crippen LogP contribution is 2.47. The number of benzene rings is 2. The Hall–Kier alpha value is -3.26. The first kappa shape index (κ1) is 15.3. The first-order valence-corrected chi connectivity index (χ1v) is 7.60. The van der Waals surface area contributed by atoms with E-state index in [0.29, 0.717) is 17.1 Å². The Kier molecular flexibility index (Phi) is 2.98. The van der Waals surface area contributed by atoms with Gasteiger partial charge < -0.3 is 4.90 Å². The Labute approximate surface area is 142 Å². The molecule has 1 spiro atoms. The molecule has 0 fully saturated rings. The number of ketones is 1. The first-order chi connectivity index (χ1) is 11.9. The number of para-hydroxylation sites is 2. The van der Waals surface area contributed by atoms with Gasteiger partial charge in [0.1, 0.15) is 0 Å². The van der Waals surface area contributed by atoms with Crippen molar-refractivity contribution in [2.45, 2.75) is 12.6 Å². The van der Waals surface area contributed by atoms with Crippen LogP contribution in [0.4, 0.5) is 22.7 Å². The third-order valence-electron chi connectivity index (χ3n) is 4.81. The molecule has 2 aliphatic heterocycles. The summed E-state index contributed by atoms with van der Waals surface area (Å²) in [6, 6.07) is 11.1. The fraction of sp³-hybridized carbons (Fsp3) is 0.176. The van der Waals surface area contributed by atoms with Gasteiger partial charge in [-0.1, -0.05) is 12.1 Å². The van der Waals surface area contributed by atoms with Crippen LogP contribution in [0.25, 0.3) is 0 Å². The largest absolute Gasteiger partial charge is 0.337 e. The van der Waals surface area contributed by atoms with Crippen molar-refractivity contribution in [3.63, 3.8) is 0 Å². The number of anilines is 2. The van der Waals surface area contributed by atoms with E-state index in [0.717, 1.165) is 5.06 Å². The van der Waals surface area contributed by atoms with E-state index in [4.69, 9.17) is 0 Å². The summed E-state index contributed by atoms with van der Waals surface area (Å²) < 4.78 is 0. The van der Waals surface area contributed by atoms with Crippen molar-refractivity contribution in [3.05, 3.63) is 58.1 Å². The molecule has 2 heterocycles. The highest BCUT2D eigenvalue weighted by atomic mass is 16.6. The summed E-state index contributed by atoms with van der Waals surface area (Å²) in [6.45, 7) is 1.66. The number of non-ortho nitro benzene ring substituents is 1. The monoisotopic (exact) mass is 338 g/mol. The number of rotatable bonds is 1. The average molecular weight is 338 g/mol. The minimum atomic E-state index is -1.55. The molecule has 0 aromatic heterocycles. The molecule has 1 N–H and O–H groups in total. The maximum atomic E-state index is 13.2. The number of Topliss-reactive ketones (excluding diaryl/α,β-unsaturated/α-hetero) is 1. The van der Waals surface area contributed by atoms with Gasteiger partial charge in [0, 0.05) is 24.7 Å². The Bertz CT molecular complexity index is 971. The van der Waals surface area contributed by atoms with Crippen LogP contribution < -0.4 is 9.96 Å². The number of aliphatic imine (C=N–C) groups is 1. The smallest absolute Gasteiger partial charge is 0.271 e. The quantitative estimate of drug-likeness (QED) is 0.634.